The van der Waals surface area contributed by atoms with Gasteiger partial charge in [0.1, 0.15) is 11.6 Å². The zero-order valence-corrected chi connectivity index (χ0v) is 13.6. The topological polar surface area (TPSA) is 80.3 Å². The van der Waals surface area contributed by atoms with Crippen LogP contribution in [0.1, 0.15) is 59.3 Å². The van der Waals surface area contributed by atoms with E-state index in [-0.39, 0.29) is 29.7 Å². The van der Waals surface area contributed by atoms with Gasteiger partial charge in [-0.2, -0.15) is 0 Å². The van der Waals surface area contributed by atoms with Crippen molar-refractivity contribution >= 4 is 21.6 Å². The van der Waals surface area contributed by atoms with Crippen molar-refractivity contribution in [2.24, 2.45) is 5.92 Å². The number of rotatable bonds is 12. The Balaban J connectivity index is 3.73. The molecule has 0 aliphatic carbocycles. The summed E-state index contributed by atoms with van der Waals surface area (Å²) in [6.07, 6.45) is 3.56. The van der Waals surface area contributed by atoms with Crippen molar-refractivity contribution in [1.82, 2.24) is 4.72 Å². The van der Waals surface area contributed by atoms with Gasteiger partial charge in [-0.1, -0.05) is 27.2 Å². The first-order valence-corrected chi connectivity index (χ1v) is 8.95. The summed E-state index contributed by atoms with van der Waals surface area (Å²) >= 11 is 0. The van der Waals surface area contributed by atoms with Crippen LogP contribution in [0.15, 0.2) is 0 Å². The molecule has 0 radical (unpaired) electrons. The van der Waals surface area contributed by atoms with Crippen LogP contribution in [-0.2, 0) is 19.6 Å². The predicted octanol–water partition coefficient (Wildman–Crippen LogP) is 2.06. The third kappa shape index (κ3) is 10.1. The molecule has 0 amide bonds. The normalized spacial score (nSPS) is 11.8. The molecule has 6 heteroatoms. The van der Waals surface area contributed by atoms with Crippen LogP contribution in [0.2, 0.25) is 0 Å². The van der Waals surface area contributed by atoms with Gasteiger partial charge in [0, 0.05) is 31.7 Å². The van der Waals surface area contributed by atoms with E-state index in [4.69, 9.17) is 0 Å². The van der Waals surface area contributed by atoms with Crippen LogP contribution >= 0.6 is 0 Å². The van der Waals surface area contributed by atoms with Gasteiger partial charge in [-0.25, -0.2) is 13.1 Å². The lowest BCUT2D eigenvalue weighted by Crippen LogP contribution is -2.29. The molecule has 20 heavy (non-hydrogen) atoms. The van der Waals surface area contributed by atoms with Gasteiger partial charge in [-0.05, 0) is 12.8 Å². The summed E-state index contributed by atoms with van der Waals surface area (Å²) in [5.74, 6) is -0.0502. The number of carbonyl (C=O) groups is 2. The zero-order chi connectivity index (χ0) is 15.6. The Bertz CT molecular complexity index is 401. The van der Waals surface area contributed by atoms with E-state index in [9.17, 15) is 18.0 Å². The van der Waals surface area contributed by atoms with E-state index >= 15 is 0 Å². The molecule has 0 saturated heterocycles. The highest BCUT2D eigenvalue weighted by atomic mass is 32.2. The lowest BCUT2D eigenvalue weighted by atomic mass is 10.1. The van der Waals surface area contributed by atoms with Crippen LogP contribution in [0, 0.1) is 5.92 Å². The summed E-state index contributed by atoms with van der Waals surface area (Å²) in [4.78, 5) is 22.4. The van der Waals surface area contributed by atoms with Crippen molar-refractivity contribution in [1.29, 1.82) is 0 Å². The van der Waals surface area contributed by atoms with E-state index < -0.39 is 10.0 Å². The van der Waals surface area contributed by atoms with E-state index in [1.807, 2.05) is 6.92 Å². The van der Waals surface area contributed by atoms with Gasteiger partial charge >= 0.3 is 0 Å². The molecular weight excluding hydrogens is 278 g/mol. The van der Waals surface area contributed by atoms with Gasteiger partial charge in [0.25, 0.3) is 0 Å². The van der Waals surface area contributed by atoms with Crippen molar-refractivity contribution in [3.05, 3.63) is 0 Å². The number of sulfonamides is 1. The van der Waals surface area contributed by atoms with E-state index in [2.05, 4.69) is 4.72 Å². The molecule has 1 N–H and O–H groups in total. The van der Waals surface area contributed by atoms with Gasteiger partial charge in [0.05, 0.1) is 5.75 Å². The van der Waals surface area contributed by atoms with Crippen LogP contribution in [-0.4, -0.2) is 32.3 Å². The van der Waals surface area contributed by atoms with Crippen LogP contribution in [0.4, 0.5) is 0 Å². The first kappa shape index (κ1) is 19.2. The minimum atomic E-state index is -3.36. The Morgan fingerprint density at radius 1 is 1.05 bits per heavy atom. The minimum Gasteiger partial charge on any atom is -0.300 e. The second kappa shape index (κ2) is 10.0. The first-order valence-electron chi connectivity index (χ1n) is 7.30. The highest BCUT2D eigenvalue weighted by molar-refractivity contribution is 7.89. The summed E-state index contributed by atoms with van der Waals surface area (Å²) < 4.78 is 25.7. The summed E-state index contributed by atoms with van der Waals surface area (Å²) in [6.45, 7) is 5.74. The SMILES string of the molecule is CCC(=O)CCCCCNS(=O)(=O)CCC(=O)C(C)C. The second-order valence-corrected chi connectivity index (χ2v) is 7.21. The number of Topliss-reactive ketones (excluding diaryl/α,β-unsaturated/α-hetero) is 2. The van der Waals surface area contributed by atoms with Gasteiger partial charge in [-0.15, -0.1) is 0 Å². The standard InChI is InChI=1S/C14H27NO4S/c1-4-13(16)8-6-5-7-10-15-20(18,19)11-9-14(17)12(2)3/h12,15H,4-11H2,1-3H3. The van der Waals surface area contributed by atoms with Crippen molar-refractivity contribution in [2.75, 3.05) is 12.3 Å². The second-order valence-electron chi connectivity index (χ2n) is 5.29. The highest BCUT2D eigenvalue weighted by Crippen LogP contribution is 2.03. The Morgan fingerprint density at radius 2 is 1.70 bits per heavy atom. The Morgan fingerprint density at radius 3 is 2.25 bits per heavy atom. The molecule has 0 spiro atoms. The van der Waals surface area contributed by atoms with Crippen LogP contribution < -0.4 is 4.72 Å². The number of hydrogen-bond donors (Lipinski definition) is 1. The van der Waals surface area contributed by atoms with Gasteiger partial charge in [0.2, 0.25) is 10.0 Å². The zero-order valence-electron chi connectivity index (χ0n) is 12.8. The van der Waals surface area contributed by atoms with Crippen LogP contribution in [0.5, 0.6) is 0 Å². The minimum absolute atomic E-state index is 0.0338. The number of carbonyl (C=O) groups excluding carboxylic acids is 2. The third-order valence-corrected chi connectivity index (χ3v) is 4.50. The summed E-state index contributed by atoms with van der Waals surface area (Å²) in [7, 11) is -3.36. The molecule has 0 saturated carbocycles. The third-order valence-electron chi connectivity index (χ3n) is 3.11. The maximum Gasteiger partial charge on any atom is 0.212 e. The summed E-state index contributed by atoms with van der Waals surface area (Å²) in [5.41, 5.74) is 0. The molecule has 0 aromatic carbocycles. The maximum absolute atomic E-state index is 11.6. The number of ketones is 2. The maximum atomic E-state index is 11.6. The average molecular weight is 305 g/mol. The van der Waals surface area contributed by atoms with Gasteiger partial charge < -0.3 is 0 Å². The molecule has 0 aromatic rings. The van der Waals surface area contributed by atoms with Crippen molar-refractivity contribution in [2.45, 2.75) is 59.3 Å². The molecule has 0 bridgehead atoms. The smallest absolute Gasteiger partial charge is 0.212 e. The fourth-order valence-corrected chi connectivity index (χ4v) is 2.69. The molecule has 0 aliphatic heterocycles. The number of nitrogens with one attached hydrogen (secondary N) is 1. The Labute approximate surface area is 122 Å². The first-order chi connectivity index (χ1) is 9.28. The predicted molar refractivity (Wildman–Crippen MR) is 80.0 cm³/mol. The summed E-state index contributed by atoms with van der Waals surface area (Å²) in [5, 5.41) is 0. The summed E-state index contributed by atoms with van der Waals surface area (Å²) in [6, 6.07) is 0. The van der Waals surface area contributed by atoms with E-state index in [1.54, 1.807) is 13.8 Å². The number of hydrogen-bond acceptors (Lipinski definition) is 4. The van der Waals surface area contributed by atoms with Crippen molar-refractivity contribution < 1.29 is 18.0 Å². The van der Waals surface area contributed by atoms with Gasteiger partial charge in [-0.3, -0.25) is 9.59 Å². The molecule has 0 atom stereocenters. The number of unbranched alkanes of at least 4 members (excludes halogenated alkanes) is 2. The van der Waals surface area contributed by atoms with E-state index in [0.29, 0.717) is 25.8 Å². The molecular formula is C14H27NO4S. The molecule has 5 nitrogen and oxygen atoms in total. The quantitative estimate of drug-likeness (QED) is 0.560. The monoisotopic (exact) mass is 305 g/mol. The lowest BCUT2D eigenvalue weighted by molar-refractivity contribution is -0.121. The van der Waals surface area contributed by atoms with Gasteiger partial charge in [0.15, 0.2) is 0 Å². The lowest BCUT2D eigenvalue weighted by Gasteiger charge is -2.07. The molecule has 0 rings (SSSR count). The largest absolute Gasteiger partial charge is 0.300 e. The van der Waals surface area contributed by atoms with Crippen LogP contribution in [0.3, 0.4) is 0 Å². The molecule has 0 aliphatic rings. The highest BCUT2D eigenvalue weighted by Gasteiger charge is 2.14. The van der Waals surface area contributed by atoms with Crippen molar-refractivity contribution in [3.8, 4) is 0 Å². The fourth-order valence-electron chi connectivity index (χ4n) is 1.62. The van der Waals surface area contributed by atoms with E-state index in [0.717, 1.165) is 12.8 Å². The molecule has 0 aromatic heterocycles. The average Bonchev–Trinajstić information content (AvgIpc) is 2.39. The molecule has 0 unspecified atom stereocenters. The molecule has 0 heterocycles. The molecule has 0 fully saturated rings. The van der Waals surface area contributed by atoms with Crippen LogP contribution in [0.25, 0.3) is 0 Å². The Kier molecular flexibility index (Phi) is 9.67. The van der Waals surface area contributed by atoms with Crippen molar-refractivity contribution in [3.63, 3.8) is 0 Å². The van der Waals surface area contributed by atoms with E-state index in [1.165, 1.54) is 0 Å². The molecule has 118 valence electrons. The fraction of sp³-hybridized carbons (Fsp3) is 0.857. The Hall–Kier alpha value is -0.750.